The second kappa shape index (κ2) is 11.1. The summed E-state index contributed by atoms with van der Waals surface area (Å²) in [5.74, 6) is -1.36. The number of esters is 1. The number of nitrogens with zero attached hydrogens (tertiary/aromatic N) is 1. The van der Waals surface area contributed by atoms with Crippen molar-refractivity contribution in [2.24, 2.45) is 5.41 Å². The number of halogens is 1. The van der Waals surface area contributed by atoms with Crippen LogP contribution in [0.2, 0.25) is 5.02 Å². The molecule has 1 aromatic rings. The fourth-order valence-corrected chi connectivity index (χ4v) is 4.63. The minimum absolute atomic E-state index is 0.000117. The molecule has 0 spiro atoms. The monoisotopic (exact) mass is 511 g/mol. The Kier molecular flexibility index (Phi) is 8.63. The summed E-state index contributed by atoms with van der Waals surface area (Å²) in [5.41, 5.74) is -0.395. The maximum Gasteiger partial charge on any atom is 0.310 e. The number of phenolic OH excluding ortho intramolecular Hbond substituents is 1. The summed E-state index contributed by atoms with van der Waals surface area (Å²) in [5, 5.41) is 26.4. The van der Waals surface area contributed by atoms with Crippen LogP contribution in [0.3, 0.4) is 0 Å². The van der Waals surface area contributed by atoms with Gasteiger partial charge in [-0.3, -0.25) is 19.7 Å². The molecule has 0 aliphatic carbocycles. The van der Waals surface area contributed by atoms with Crippen LogP contribution in [0.15, 0.2) is 18.2 Å². The lowest BCUT2D eigenvalue weighted by molar-refractivity contribution is -0.164. The summed E-state index contributed by atoms with van der Waals surface area (Å²) in [6.07, 6.45) is -1.08. The Labute approximate surface area is 209 Å². The van der Waals surface area contributed by atoms with Crippen LogP contribution in [0, 0.1) is 5.41 Å². The highest BCUT2D eigenvalue weighted by Crippen LogP contribution is 2.32. The Hall–Kier alpha value is -2.40. The van der Waals surface area contributed by atoms with Crippen LogP contribution in [-0.4, -0.2) is 70.5 Å². The molecule has 2 amide bonds. The number of cyclic esters (lactones) is 1. The number of hydrogen-bond acceptors (Lipinski definition) is 8. The molecule has 2 aliphatic rings. The number of ether oxygens (including phenoxy) is 2. The third-order valence-electron chi connectivity index (χ3n) is 6.20. The zero-order chi connectivity index (χ0) is 25.9. The summed E-state index contributed by atoms with van der Waals surface area (Å²) >= 11 is 6.14. The van der Waals surface area contributed by atoms with E-state index in [4.69, 9.17) is 21.1 Å². The van der Waals surface area contributed by atoms with Crippen LogP contribution in [0.4, 0.5) is 0 Å². The molecule has 3 rings (SSSR count). The van der Waals surface area contributed by atoms with E-state index in [1.54, 1.807) is 19.1 Å². The number of amides is 2. The van der Waals surface area contributed by atoms with Crippen molar-refractivity contribution in [1.82, 2.24) is 15.5 Å². The molecule has 11 heteroatoms. The largest absolute Gasteiger partial charge is 0.506 e. The van der Waals surface area contributed by atoms with Gasteiger partial charge in [0.1, 0.15) is 24.1 Å². The first-order valence-corrected chi connectivity index (χ1v) is 12.1. The van der Waals surface area contributed by atoms with Gasteiger partial charge in [0, 0.05) is 18.7 Å². The lowest BCUT2D eigenvalue weighted by Gasteiger charge is -2.37. The summed E-state index contributed by atoms with van der Waals surface area (Å²) < 4.78 is 10.5. The van der Waals surface area contributed by atoms with E-state index >= 15 is 0 Å². The van der Waals surface area contributed by atoms with Gasteiger partial charge < -0.3 is 29.9 Å². The smallest absolute Gasteiger partial charge is 0.310 e. The first-order chi connectivity index (χ1) is 16.4. The first kappa shape index (κ1) is 27.2. The van der Waals surface area contributed by atoms with Crippen LogP contribution in [0.25, 0.3) is 0 Å². The third-order valence-corrected chi connectivity index (χ3v) is 6.61. The zero-order valence-corrected chi connectivity index (χ0v) is 21.2. The highest BCUT2D eigenvalue weighted by Gasteiger charge is 2.44. The molecular weight excluding hydrogens is 478 g/mol. The molecule has 0 radical (unpaired) electrons. The van der Waals surface area contributed by atoms with E-state index in [0.717, 1.165) is 0 Å². The zero-order valence-electron chi connectivity index (χ0n) is 20.4. The van der Waals surface area contributed by atoms with Crippen LogP contribution < -0.4 is 10.6 Å². The van der Waals surface area contributed by atoms with Crippen LogP contribution in [-0.2, 0) is 23.9 Å². The highest BCUT2D eigenvalue weighted by molar-refractivity contribution is 6.32. The van der Waals surface area contributed by atoms with Crippen molar-refractivity contribution in [3.8, 4) is 5.75 Å². The van der Waals surface area contributed by atoms with Gasteiger partial charge in [-0.15, -0.1) is 0 Å². The molecule has 2 aliphatic heterocycles. The molecule has 2 saturated heterocycles. The van der Waals surface area contributed by atoms with Gasteiger partial charge in [-0.25, -0.2) is 0 Å². The van der Waals surface area contributed by atoms with Gasteiger partial charge in [-0.2, -0.15) is 0 Å². The van der Waals surface area contributed by atoms with Crippen molar-refractivity contribution < 1.29 is 34.1 Å². The number of likely N-dealkylation sites (tertiary alicyclic amines) is 1. The number of carbonyl (C=O) groups excluding carboxylic acids is 3. The maximum absolute atomic E-state index is 13.7. The molecule has 1 aromatic carbocycles. The second-order valence-electron chi connectivity index (χ2n) is 9.87. The van der Waals surface area contributed by atoms with Crippen LogP contribution in [0.5, 0.6) is 5.75 Å². The van der Waals surface area contributed by atoms with E-state index in [-0.39, 0.29) is 34.6 Å². The number of aromatic hydroxyl groups is 1. The van der Waals surface area contributed by atoms with Crippen molar-refractivity contribution in [2.75, 3.05) is 13.2 Å². The number of nitrogens with one attached hydrogen (secondary N) is 2. The van der Waals surface area contributed by atoms with Gasteiger partial charge >= 0.3 is 5.97 Å². The number of aliphatic hydroxyl groups is 1. The summed E-state index contributed by atoms with van der Waals surface area (Å²) in [6.45, 7) is 8.00. The van der Waals surface area contributed by atoms with E-state index in [9.17, 15) is 24.6 Å². The molecular formula is C24H34ClN3O7. The van der Waals surface area contributed by atoms with E-state index in [2.05, 4.69) is 10.6 Å². The van der Waals surface area contributed by atoms with Gasteiger partial charge in [0.05, 0.1) is 17.5 Å². The Balaban J connectivity index is 1.75. The lowest BCUT2D eigenvalue weighted by Crippen LogP contribution is -2.58. The second-order valence-corrected chi connectivity index (χ2v) is 10.2. The molecule has 35 heavy (non-hydrogen) atoms. The standard InChI is InChI=1S/C24H34ClN3O7/c1-5-34-23-14(12-17(30)35-23)26-21(32)15-9-7-11-28(15)22(33)19(24(2,3)4)27-20(31)13-8-6-10-16(29)18(13)25/h6,8,10,14-15,19-20,23,27,29,31H,5,7,9,11-12H2,1-4H3,(H,26,32)/t14-,15-,19+,20?,23+/m0/s1. The number of aliphatic hydroxyl groups excluding tert-OH is 1. The van der Waals surface area contributed by atoms with Gasteiger partial charge in [-0.1, -0.05) is 44.5 Å². The third kappa shape index (κ3) is 6.24. The number of phenols is 1. The summed E-state index contributed by atoms with van der Waals surface area (Å²) in [6, 6.07) is 2.28. The fraction of sp³-hybridized carbons (Fsp3) is 0.625. The van der Waals surface area contributed by atoms with Crippen molar-refractivity contribution in [3.05, 3.63) is 28.8 Å². The van der Waals surface area contributed by atoms with E-state index in [1.165, 1.54) is 11.0 Å². The molecule has 0 aromatic heterocycles. The minimum atomic E-state index is -1.33. The number of benzene rings is 1. The van der Waals surface area contributed by atoms with E-state index < -0.39 is 42.0 Å². The molecule has 2 fully saturated rings. The normalized spacial score (nSPS) is 24.2. The quantitative estimate of drug-likeness (QED) is 0.306. The maximum atomic E-state index is 13.7. The molecule has 4 N–H and O–H groups in total. The molecule has 2 heterocycles. The van der Waals surface area contributed by atoms with E-state index in [1.807, 2.05) is 20.8 Å². The fourth-order valence-electron chi connectivity index (χ4n) is 4.40. The average Bonchev–Trinajstić information content (AvgIpc) is 3.39. The molecule has 0 saturated carbocycles. The average molecular weight is 512 g/mol. The Morgan fingerprint density at radius 2 is 2.06 bits per heavy atom. The van der Waals surface area contributed by atoms with Gasteiger partial charge in [-0.05, 0) is 31.2 Å². The molecule has 0 bridgehead atoms. The van der Waals surface area contributed by atoms with Crippen molar-refractivity contribution in [2.45, 2.75) is 77.6 Å². The Bertz CT molecular complexity index is 952. The van der Waals surface area contributed by atoms with Crippen LogP contribution in [0.1, 0.15) is 58.7 Å². The Morgan fingerprint density at radius 1 is 1.34 bits per heavy atom. The highest BCUT2D eigenvalue weighted by atomic mass is 35.5. The van der Waals surface area contributed by atoms with Gasteiger partial charge in [0.2, 0.25) is 18.1 Å². The van der Waals surface area contributed by atoms with E-state index in [0.29, 0.717) is 26.0 Å². The minimum Gasteiger partial charge on any atom is -0.506 e. The van der Waals surface area contributed by atoms with Crippen molar-refractivity contribution >= 4 is 29.4 Å². The number of carbonyl (C=O) groups is 3. The van der Waals surface area contributed by atoms with Crippen molar-refractivity contribution in [3.63, 3.8) is 0 Å². The molecule has 5 atom stereocenters. The van der Waals surface area contributed by atoms with Gasteiger partial charge in [0.25, 0.3) is 0 Å². The van der Waals surface area contributed by atoms with Crippen molar-refractivity contribution in [1.29, 1.82) is 0 Å². The lowest BCUT2D eigenvalue weighted by atomic mass is 9.85. The number of rotatable bonds is 8. The van der Waals surface area contributed by atoms with Crippen LogP contribution >= 0.6 is 11.6 Å². The summed E-state index contributed by atoms with van der Waals surface area (Å²) in [7, 11) is 0. The molecule has 1 unspecified atom stereocenters. The Morgan fingerprint density at radius 3 is 2.71 bits per heavy atom. The number of hydrogen-bond donors (Lipinski definition) is 4. The predicted molar refractivity (Wildman–Crippen MR) is 127 cm³/mol. The first-order valence-electron chi connectivity index (χ1n) is 11.8. The topological polar surface area (TPSA) is 137 Å². The summed E-state index contributed by atoms with van der Waals surface area (Å²) in [4.78, 5) is 40.0. The molecule has 10 nitrogen and oxygen atoms in total. The molecule has 194 valence electrons. The predicted octanol–water partition coefficient (Wildman–Crippen LogP) is 1.83. The van der Waals surface area contributed by atoms with Gasteiger partial charge in [0.15, 0.2) is 0 Å². The SMILES string of the molecule is CCO[C@@H]1OC(=O)C[C@@H]1NC(=O)[C@@H]1CCCN1C(=O)[C@@H](NC(O)c1cccc(O)c1Cl)C(C)(C)C.